The van der Waals surface area contributed by atoms with Crippen molar-refractivity contribution in [3.8, 4) is 5.75 Å². The second-order valence-electron chi connectivity index (χ2n) is 6.99. The molecule has 2 amide bonds. The van der Waals surface area contributed by atoms with E-state index in [9.17, 15) is 9.59 Å². The fourth-order valence-corrected chi connectivity index (χ4v) is 4.50. The van der Waals surface area contributed by atoms with Gasteiger partial charge in [-0.2, -0.15) is 5.10 Å². The molecule has 7 nitrogen and oxygen atoms in total. The lowest BCUT2D eigenvalue weighted by molar-refractivity contribution is -0.131. The van der Waals surface area contributed by atoms with Crippen molar-refractivity contribution in [2.24, 2.45) is 5.10 Å². The van der Waals surface area contributed by atoms with Crippen molar-refractivity contribution in [2.75, 3.05) is 26.7 Å². The van der Waals surface area contributed by atoms with E-state index in [-0.39, 0.29) is 18.4 Å². The van der Waals surface area contributed by atoms with Crippen LogP contribution in [0.4, 0.5) is 0 Å². The third-order valence-electron chi connectivity index (χ3n) is 5.35. The molecule has 0 bridgehead atoms. The summed E-state index contributed by atoms with van der Waals surface area (Å²) in [5.74, 6) is 0.370. The van der Waals surface area contributed by atoms with Crippen molar-refractivity contribution >= 4 is 39.1 Å². The Balaban J connectivity index is 1.77. The number of carbonyl (C=O) groups is 2. The van der Waals surface area contributed by atoms with E-state index in [1.165, 1.54) is 5.01 Å². The molecule has 0 spiro atoms. The summed E-state index contributed by atoms with van der Waals surface area (Å²) in [6.07, 6.45) is 0. The largest absolute Gasteiger partial charge is 0.497 e. The number of rotatable bonds is 6. The highest BCUT2D eigenvalue weighted by molar-refractivity contribution is 7.17. The Morgan fingerprint density at radius 1 is 1.20 bits per heavy atom. The maximum absolute atomic E-state index is 13.3. The first kappa shape index (κ1) is 20.2. The molecule has 0 fully saturated rings. The first-order valence-electron chi connectivity index (χ1n) is 9.94. The quantitative estimate of drug-likeness (QED) is 0.609. The number of ether oxygens (including phenoxy) is 1. The smallest absolute Gasteiger partial charge is 0.291 e. The summed E-state index contributed by atoms with van der Waals surface area (Å²) in [6.45, 7) is 5.41. The summed E-state index contributed by atoms with van der Waals surface area (Å²) in [5.41, 5.74) is 3.16. The molecule has 4 rings (SSSR count). The summed E-state index contributed by atoms with van der Waals surface area (Å²) in [6, 6.07) is 11.5. The third-order valence-corrected chi connectivity index (χ3v) is 6.20. The second kappa shape index (κ2) is 8.31. The molecule has 3 aromatic rings. The van der Waals surface area contributed by atoms with Gasteiger partial charge in [-0.25, -0.2) is 5.01 Å². The van der Waals surface area contributed by atoms with Crippen molar-refractivity contribution in [3.63, 3.8) is 0 Å². The zero-order valence-corrected chi connectivity index (χ0v) is 18.1. The van der Waals surface area contributed by atoms with E-state index in [2.05, 4.69) is 5.10 Å². The first-order valence-corrected chi connectivity index (χ1v) is 10.8. The van der Waals surface area contributed by atoms with Crippen LogP contribution in [0.3, 0.4) is 0 Å². The Labute approximate surface area is 179 Å². The number of likely N-dealkylation sites (N-methyl/N-ethyl adjacent to an activating group) is 1. The molecular formula is C22H24N4O3S. The normalized spacial score (nSPS) is 13.8. The van der Waals surface area contributed by atoms with Gasteiger partial charge in [-0.1, -0.05) is 0 Å². The van der Waals surface area contributed by atoms with Crippen LogP contribution in [-0.2, 0) is 11.3 Å². The molecular weight excluding hydrogens is 400 g/mol. The van der Waals surface area contributed by atoms with Crippen LogP contribution in [0.5, 0.6) is 5.75 Å². The van der Waals surface area contributed by atoms with Crippen LogP contribution in [0.15, 0.2) is 46.9 Å². The zero-order valence-electron chi connectivity index (χ0n) is 17.3. The Bertz CT molecular complexity index is 1110. The molecule has 0 unspecified atom stereocenters. The van der Waals surface area contributed by atoms with Gasteiger partial charge >= 0.3 is 0 Å². The molecule has 156 valence electrons. The van der Waals surface area contributed by atoms with Crippen molar-refractivity contribution in [3.05, 3.63) is 53.0 Å². The molecule has 1 aliphatic rings. The minimum absolute atomic E-state index is 0.0843. The Kier molecular flexibility index (Phi) is 5.59. The van der Waals surface area contributed by atoms with Crippen LogP contribution >= 0.6 is 11.3 Å². The van der Waals surface area contributed by atoms with E-state index in [4.69, 9.17) is 4.74 Å². The van der Waals surface area contributed by atoms with E-state index in [1.54, 1.807) is 23.3 Å². The summed E-state index contributed by atoms with van der Waals surface area (Å²) in [4.78, 5) is 27.8. The average molecular weight is 425 g/mol. The zero-order chi connectivity index (χ0) is 21.3. The predicted octanol–water partition coefficient (Wildman–Crippen LogP) is 3.44. The van der Waals surface area contributed by atoms with Crippen molar-refractivity contribution < 1.29 is 14.3 Å². The topological polar surface area (TPSA) is 67.1 Å². The highest BCUT2D eigenvalue weighted by Gasteiger charge is 2.29. The number of carbonyl (C=O) groups excluding carboxylic acids is 2. The Morgan fingerprint density at radius 3 is 2.60 bits per heavy atom. The number of hydrogen-bond donors (Lipinski definition) is 0. The molecule has 0 aliphatic carbocycles. The number of benzene rings is 1. The highest BCUT2D eigenvalue weighted by Crippen LogP contribution is 2.28. The molecule has 0 N–H and O–H groups in total. The van der Waals surface area contributed by atoms with Crippen LogP contribution in [0.25, 0.3) is 10.2 Å². The van der Waals surface area contributed by atoms with Crippen LogP contribution in [0.1, 0.15) is 29.9 Å². The number of thiophene rings is 1. The lowest BCUT2D eigenvalue weighted by atomic mass is 10.1. The second-order valence-corrected chi connectivity index (χ2v) is 7.94. The van der Waals surface area contributed by atoms with E-state index in [1.807, 2.05) is 60.2 Å². The standard InChI is InChI=1S/C22H24N4O3S/c1-4-24(5-2)21(27)14-26-22(28)19-12-20-18(10-11-30-20)25(19)13-17(23-26)15-6-8-16(29-3)9-7-15/h6-12H,4-5,13-14H2,1-3H3. The van der Waals surface area contributed by atoms with Crippen LogP contribution in [-0.4, -0.2) is 58.7 Å². The molecule has 30 heavy (non-hydrogen) atoms. The lowest BCUT2D eigenvalue weighted by Gasteiger charge is -2.22. The average Bonchev–Trinajstić information content (AvgIpc) is 3.32. The van der Waals surface area contributed by atoms with Gasteiger partial charge < -0.3 is 14.2 Å². The van der Waals surface area contributed by atoms with Crippen LogP contribution < -0.4 is 4.74 Å². The van der Waals surface area contributed by atoms with Gasteiger partial charge in [0.25, 0.3) is 5.91 Å². The maximum atomic E-state index is 13.3. The molecule has 0 radical (unpaired) electrons. The monoisotopic (exact) mass is 424 g/mol. The number of hydrazone groups is 1. The van der Waals surface area contributed by atoms with Crippen molar-refractivity contribution in [1.29, 1.82) is 0 Å². The Morgan fingerprint density at radius 2 is 1.93 bits per heavy atom. The summed E-state index contributed by atoms with van der Waals surface area (Å²) >= 11 is 1.60. The molecule has 1 aromatic carbocycles. The van der Waals surface area contributed by atoms with E-state index >= 15 is 0 Å². The molecule has 0 saturated heterocycles. The van der Waals surface area contributed by atoms with Gasteiger partial charge in [-0.15, -0.1) is 11.3 Å². The minimum Gasteiger partial charge on any atom is -0.497 e. The first-order chi connectivity index (χ1) is 14.5. The SMILES string of the molecule is CCN(CC)C(=O)CN1N=C(c2ccc(OC)cc2)Cn2c(cc3sccc32)C1=O. The fraction of sp³-hybridized carbons (Fsp3) is 0.318. The van der Waals surface area contributed by atoms with E-state index in [0.717, 1.165) is 27.2 Å². The van der Waals surface area contributed by atoms with Crippen molar-refractivity contribution in [1.82, 2.24) is 14.5 Å². The van der Waals surface area contributed by atoms with Crippen LogP contribution in [0.2, 0.25) is 0 Å². The lowest BCUT2D eigenvalue weighted by Crippen LogP contribution is -2.40. The number of methoxy groups -OCH3 is 1. The molecule has 3 heterocycles. The molecule has 0 saturated carbocycles. The van der Waals surface area contributed by atoms with Gasteiger partial charge in [-0.3, -0.25) is 9.59 Å². The highest BCUT2D eigenvalue weighted by atomic mass is 32.1. The number of hydrogen-bond acceptors (Lipinski definition) is 5. The molecule has 0 atom stereocenters. The third kappa shape index (κ3) is 3.59. The van der Waals surface area contributed by atoms with Gasteiger partial charge in [0.1, 0.15) is 18.0 Å². The van der Waals surface area contributed by atoms with Gasteiger partial charge in [0.2, 0.25) is 5.91 Å². The molecule has 8 heteroatoms. The minimum atomic E-state index is -0.262. The molecule has 2 aromatic heterocycles. The van der Waals surface area contributed by atoms with E-state index in [0.29, 0.717) is 25.3 Å². The van der Waals surface area contributed by atoms with Gasteiger partial charge in [0, 0.05) is 13.1 Å². The predicted molar refractivity (Wildman–Crippen MR) is 118 cm³/mol. The summed E-state index contributed by atoms with van der Waals surface area (Å²) < 4.78 is 8.29. The number of nitrogens with zero attached hydrogens (tertiary/aromatic N) is 4. The number of fused-ring (bicyclic) bond motifs is 3. The van der Waals surface area contributed by atoms with Gasteiger partial charge in [0.15, 0.2) is 0 Å². The number of aromatic nitrogens is 1. The van der Waals surface area contributed by atoms with E-state index < -0.39 is 0 Å². The molecule has 1 aliphatic heterocycles. The number of amides is 2. The fourth-order valence-electron chi connectivity index (χ4n) is 3.67. The summed E-state index contributed by atoms with van der Waals surface area (Å²) in [7, 11) is 1.62. The van der Waals surface area contributed by atoms with Crippen LogP contribution in [0, 0.1) is 0 Å². The maximum Gasteiger partial charge on any atom is 0.291 e. The van der Waals surface area contributed by atoms with Gasteiger partial charge in [-0.05, 0) is 61.2 Å². The Hall–Kier alpha value is -3.13. The van der Waals surface area contributed by atoms with Crippen molar-refractivity contribution in [2.45, 2.75) is 20.4 Å². The van der Waals surface area contributed by atoms with Gasteiger partial charge in [0.05, 0.1) is 29.6 Å². The summed E-state index contributed by atoms with van der Waals surface area (Å²) in [5, 5.41) is 7.97.